The van der Waals surface area contributed by atoms with E-state index in [1.807, 2.05) is 6.92 Å². The topological polar surface area (TPSA) is 73.6 Å². The molecule has 5 nitrogen and oxygen atoms in total. The number of methoxy groups -OCH3 is 2. The number of ether oxygens (including phenoxy) is 2. The molecule has 0 aliphatic heterocycles. The van der Waals surface area contributed by atoms with Crippen molar-refractivity contribution in [3.05, 3.63) is 23.8 Å². The first-order chi connectivity index (χ1) is 8.62. The predicted molar refractivity (Wildman–Crippen MR) is 70.1 cm³/mol. The van der Waals surface area contributed by atoms with Gasteiger partial charge < -0.3 is 20.5 Å². The Labute approximate surface area is 107 Å². The molecule has 0 aromatic heterocycles. The Morgan fingerprint density at radius 1 is 1.39 bits per heavy atom. The lowest BCUT2D eigenvalue weighted by Crippen LogP contribution is -2.31. The van der Waals surface area contributed by atoms with Crippen LogP contribution in [-0.2, 0) is 0 Å². The summed E-state index contributed by atoms with van der Waals surface area (Å²) in [5.74, 6) is 1.19. The monoisotopic (exact) mass is 252 g/mol. The van der Waals surface area contributed by atoms with E-state index in [9.17, 15) is 4.79 Å². The third-order valence-electron chi connectivity index (χ3n) is 2.66. The van der Waals surface area contributed by atoms with Crippen molar-refractivity contribution in [1.29, 1.82) is 0 Å². The Balaban J connectivity index is 2.82. The minimum absolute atomic E-state index is 0.189. The third-order valence-corrected chi connectivity index (χ3v) is 2.66. The molecular formula is C13H20N2O3. The lowest BCUT2D eigenvalue weighted by Gasteiger charge is -2.13. The Kier molecular flexibility index (Phi) is 5.45. The van der Waals surface area contributed by atoms with Crippen molar-refractivity contribution < 1.29 is 14.3 Å². The molecule has 18 heavy (non-hydrogen) atoms. The number of nitrogens with one attached hydrogen (secondary N) is 1. The van der Waals surface area contributed by atoms with Crippen LogP contribution in [0.15, 0.2) is 18.2 Å². The van der Waals surface area contributed by atoms with Crippen LogP contribution in [0.25, 0.3) is 0 Å². The van der Waals surface area contributed by atoms with E-state index in [2.05, 4.69) is 5.32 Å². The maximum Gasteiger partial charge on any atom is 0.255 e. The summed E-state index contributed by atoms with van der Waals surface area (Å²) in [4.78, 5) is 12.0. The fourth-order valence-corrected chi connectivity index (χ4v) is 1.44. The first-order valence-electron chi connectivity index (χ1n) is 5.82. The SMILES string of the molecule is COc1ccc(OC)c(C(=O)NCC(C)CN)c1. The molecule has 1 rings (SSSR count). The lowest BCUT2D eigenvalue weighted by molar-refractivity contribution is 0.0945. The second-order valence-electron chi connectivity index (χ2n) is 4.12. The summed E-state index contributed by atoms with van der Waals surface area (Å²) in [5, 5.41) is 2.82. The molecule has 1 aromatic carbocycles. The number of rotatable bonds is 6. The van der Waals surface area contributed by atoms with E-state index in [0.29, 0.717) is 30.2 Å². The van der Waals surface area contributed by atoms with Crippen molar-refractivity contribution >= 4 is 5.91 Å². The second kappa shape index (κ2) is 6.86. The zero-order valence-electron chi connectivity index (χ0n) is 11.0. The predicted octanol–water partition coefficient (Wildman–Crippen LogP) is 1.03. The molecule has 0 aliphatic carbocycles. The van der Waals surface area contributed by atoms with E-state index >= 15 is 0 Å². The average Bonchev–Trinajstić information content (AvgIpc) is 2.43. The van der Waals surface area contributed by atoms with Gasteiger partial charge in [-0.15, -0.1) is 0 Å². The molecule has 0 aliphatic rings. The normalized spacial score (nSPS) is 11.8. The minimum Gasteiger partial charge on any atom is -0.497 e. The fourth-order valence-electron chi connectivity index (χ4n) is 1.44. The van der Waals surface area contributed by atoms with Crippen molar-refractivity contribution in [2.75, 3.05) is 27.3 Å². The van der Waals surface area contributed by atoms with Crippen molar-refractivity contribution in [3.8, 4) is 11.5 Å². The Morgan fingerprint density at radius 2 is 2.11 bits per heavy atom. The third kappa shape index (κ3) is 3.63. The minimum atomic E-state index is -0.189. The van der Waals surface area contributed by atoms with Crippen molar-refractivity contribution in [2.45, 2.75) is 6.92 Å². The molecule has 0 bridgehead atoms. The van der Waals surface area contributed by atoms with Gasteiger partial charge in [-0.05, 0) is 30.7 Å². The molecule has 5 heteroatoms. The Morgan fingerprint density at radius 3 is 2.67 bits per heavy atom. The highest BCUT2D eigenvalue weighted by atomic mass is 16.5. The molecule has 1 aromatic rings. The van der Waals surface area contributed by atoms with E-state index in [4.69, 9.17) is 15.2 Å². The fraction of sp³-hybridized carbons (Fsp3) is 0.462. The maximum atomic E-state index is 12.0. The van der Waals surface area contributed by atoms with Gasteiger partial charge in [-0.25, -0.2) is 0 Å². The van der Waals surface area contributed by atoms with Crippen LogP contribution < -0.4 is 20.5 Å². The van der Waals surface area contributed by atoms with Crippen molar-refractivity contribution in [1.82, 2.24) is 5.32 Å². The maximum absolute atomic E-state index is 12.0. The van der Waals surface area contributed by atoms with Crippen LogP contribution in [0.4, 0.5) is 0 Å². The summed E-state index contributed by atoms with van der Waals surface area (Å²) < 4.78 is 10.3. The number of carbonyl (C=O) groups excluding carboxylic acids is 1. The van der Waals surface area contributed by atoms with Crippen LogP contribution >= 0.6 is 0 Å². The van der Waals surface area contributed by atoms with Crippen LogP contribution in [0.1, 0.15) is 17.3 Å². The second-order valence-corrected chi connectivity index (χ2v) is 4.12. The molecule has 0 spiro atoms. The van der Waals surface area contributed by atoms with E-state index in [1.165, 1.54) is 7.11 Å². The molecular weight excluding hydrogens is 232 g/mol. The van der Waals surface area contributed by atoms with Gasteiger partial charge in [0.05, 0.1) is 19.8 Å². The van der Waals surface area contributed by atoms with Crippen LogP contribution in [0.5, 0.6) is 11.5 Å². The van der Waals surface area contributed by atoms with Gasteiger partial charge in [0.1, 0.15) is 11.5 Å². The highest BCUT2D eigenvalue weighted by molar-refractivity contribution is 5.97. The summed E-state index contributed by atoms with van der Waals surface area (Å²) in [5.41, 5.74) is 5.96. The van der Waals surface area contributed by atoms with Crippen molar-refractivity contribution in [3.63, 3.8) is 0 Å². The van der Waals surface area contributed by atoms with Gasteiger partial charge in [0.2, 0.25) is 0 Å². The van der Waals surface area contributed by atoms with Gasteiger partial charge in [-0.3, -0.25) is 4.79 Å². The molecule has 1 unspecified atom stereocenters. The molecule has 1 atom stereocenters. The molecule has 0 fully saturated rings. The quantitative estimate of drug-likeness (QED) is 0.793. The molecule has 0 saturated heterocycles. The van der Waals surface area contributed by atoms with Gasteiger partial charge in [0.25, 0.3) is 5.91 Å². The lowest BCUT2D eigenvalue weighted by atomic mass is 10.1. The molecule has 0 saturated carbocycles. The number of hydrogen-bond donors (Lipinski definition) is 2. The molecule has 0 radical (unpaired) electrons. The van der Waals surface area contributed by atoms with Gasteiger partial charge >= 0.3 is 0 Å². The first-order valence-corrected chi connectivity index (χ1v) is 5.82. The number of amides is 1. The number of carbonyl (C=O) groups is 1. The summed E-state index contributed by atoms with van der Waals surface area (Å²) in [7, 11) is 3.08. The van der Waals surface area contributed by atoms with E-state index in [1.54, 1.807) is 25.3 Å². The number of hydrogen-bond acceptors (Lipinski definition) is 4. The highest BCUT2D eigenvalue weighted by Gasteiger charge is 2.13. The smallest absolute Gasteiger partial charge is 0.255 e. The van der Waals surface area contributed by atoms with E-state index in [0.717, 1.165) is 0 Å². The number of nitrogens with two attached hydrogens (primary N) is 1. The van der Waals surface area contributed by atoms with Gasteiger partial charge in [0, 0.05) is 6.54 Å². The van der Waals surface area contributed by atoms with Gasteiger partial charge in [0.15, 0.2) is 0 Å². The van der Waals surface area contributed by atoms with Crippen LogP contribution in [0.3, 0.4) is 0 Å². The van der Waals surface area contributed by atoms with Gasteiger partial charge in [-0.1, -0.05) is 6.92 Å². The van der Waals surface area contributed by atoms with Crippen LogP contribution in [-0.4, -0.2) is 33.2 Å². The summed E-state index contributed by atoms with van der Waals surface area (Å²) in [6.45, 7) is 3.05. The molecule has 0 heterocycles. The number of benzene rings is 1. The summed E-state index contributed by atoms with van der Waals surface area (Å²) in [6, 6.07) is 5.11. The molecule has 3 N–H and O–H groups in total. The van der Waals surface area contributed by atoms with Crippen LogP contribution in [0, 0.1) is 5.92 Å². The summed E-state index contributed by atoms with van der Waals surface area (Å²) >= 11 is 0. The first kappa shape index (κ1) is 14.3. The largest absolute Gasteiger partial charge is 0.497 e. The highest BCUT2D eigenvalue weighted by Crippen LogP contribution is 2.23. The van der Waals surface area contributed by atoms with Gasteiger partial charge in [-0.2, -0.15) is 0 Å². The van der Waals surface area contributed by atoms with E-state index in [-0.39, 0.29) is 11.8 Å². The zero-order valence-corrected chi connectivity index (χ0v) is 11.0. The standard InChI is InChI=1S/C13H20N2O3/c1-9(7-14)8-15-13(16)11-6-10(17-2)4-5-12(11)18-3/h4-6,9H,7-8,14H2,1-3H3,(H,15,16). The Bertz CT molecular complexity index is 407. The van der Waals surface area contributed by atoms with E-state index < -0.39 is 0 Å². The average molecular weight is 252 g/mol. The molecule has 100 valence electrons. The molecule has 1 amide bonds. The Hall–Kier alpha value is -1.75. The van der Waals surface area contributed by atoms with Crippen LogP contribution in [0.2, 0.25) is 0 Å². The van der Waals surface area contributed by atoms with Crippen molar-refractivity contribution in [2.24, 2.45) is 11.7 Å². The zero-order chi connectivity index (χ0) is 13.5. The summed E-state index contributed by atoms with van der Waals surface area (Å²) in [6.07, 6.45) is 0.